The van der Waals surface area contributed by atoms with Gasteiger partial charge in [0.25, 0.3) is 0 Å². The molecular formula is C26H24BrN3O6. The molecule has 186 valence electrons. The quantitative estimate of drug-likeness (QED) is 0.243. The van der Waals surface area contributed by atoms with E-state index in [9.17, 15) is 0 Å². The first-order valence-corrected chi connectivity index (χ1v) is 11.7. The van der Waals surface area contributed by atoms with Crippen LogP contribution in [0.2, 0.25) is 0 Å². The smallest absolute Gasteiger partial charge is 0.204 e. The van der Waals surface area contributed by atoms with Crippen molar-refractivity contribution in [2.75, 3.05) is 42.7 Å². The first-order chi connectivity index (χ1) is 17.5. The van der Waals surface area contributed by atoms with Crippen molar-refractivity contribution in [3.63, 3.8) is 0 Å². The fourth-order valence-electron chi connectivity index (χ4n) is 4.49. The van der Waals surface area contributed by atoms with Gasteiger partial charge in [0.15, 0.2) is 28.6 Å². The molecule has 0 spiro atoms. The van der Waals surface area contributed by atoms with E-state index in [4.69, 9.17) is 38.4 Å². The molecule has 5 aromatic rings. The van der Waals surface area contributed by atoms with Crippen LogP contribution in [0.4, 0.5) is 0 Å². The molecular weight excluding hydrogens is 530 g/mol. The first-order valence-electron chi connectivity index (χ1n) is 10.9. The second-order valence-electron chi connectivity index (χ2n) is 7.77. The Balaban J connectivity index is 2.03. The Hall–Kier alpha value is -3.92. The molecule has 3 aromatic heterocycles. The second kappa shape index (κ2) is 9.27. The topological polar surface area (TPSA) is 85.6 Å². The second-order valence-corrected chi connectivity index (χ2v) is 8.58. The van der Waals surface area contributed by atoms with Gasteiger partial charge in [-0.15, -0.1) is 0 Å². The first kappa shape index (κ1) is 23.8. The van der Waals surface area contributed by atoms with Crippen molar-refractivity contribution in [1.82, 2.24) is 14.4 Å². The Bertz CT molecular complexity index is 1610. The van der Waals surface area contributed by atoms with Crippen LogP contribution in [0, 0.1) is 0 Å². The molecule has 2 aromatic carbocycles. The summed E-state index contributed by atoms with van der Waals surface area (Å²) in [6.45, 7) is 0. The highest BCUT2D eigenvalue weighted by molar-refractivity contribution is 9.10. The molecule has 0 aliphatic rings. The number of imidazole rings is 1. The molecule has 9 nitrogen and oxygen atoms in total. The van der Waals surface area contributed by atoms with Crippen LogP contribution in [0.3, 0.4) is 0 Å². The SMILES string of the molecule is COc1cc(-c2nc3c(nc4cccc(Br)n43)c3cc(OC)c(OC)c(OC)c23)cc(OC)c1OC. The van der Waals surface area contributed by atoms with Crippen LogP contribution in [0.5, 0.6) is 34.5 Å². The lowest BCUT2D eigenvalue weighted by molar-refractivity contribution is 0.324. The highest BCUT2D eigenvalue weighted by Crippen LogP contribution is 2.50. The van der Waals surface area contributed by atoms with Gasteiger partial charge in [-0.05, 0) is 46.3 Å². The Labute approximate surface area is 215 Å². The van der Waals surface area contributed by atoms with Gasteiger partial charge in [0.2, 0.25) is 11.5 Å². The molecule has 0 fully saturated rings. The number of nitrogens with zero attached hydrogens (tertiary/aromatic N) is 3. The molecule has 0 unspecified atom stereocenters. The average Bonchev–Trinajstić information content (AvgIpc) is 3.30. The minimum Gasteiger partial charge on any atom is -0.493 e. The molecule has 0 atom stereocenters. The third kappa shape index (κ3) is 3.43. The lowest BCUT2D eigenvalue weighted by atomic mass is 10.00. The molecule has 0 bridgehead atoms. The fourth-order valence-corrected chi connectivity index (χ4v) is 4.99. The number of pyridine rings is 2. The number of benzene rings is 2. The molecule has 0 saturated heterocycles. The van der Waals surface area contributed by atoms with E-state index in [-0.39, 0.29) is 0 Å². The van der Waals surface area contributed by atoms with E-state index in [1.165, 1.54) is 0 Å². The number of aromatic nitrogens is 3. The lowest BCUT2D eigenvalue weighted by Crippen LogP contribution is -2.00. The van der Waals surface area contributed by atoms with Gasteiger partial charge in [-0.25, -0.2) is 9.97 Å². The van der Waals surface area contributed by atoms with Gasteiger partial charge in [-0.1, -0.05) is 6.07 Å². The average molecular weight is 554 g/mol. The van der Waals surface area contributed by atoms with Crippen LogP contribution in [-0.4, -0.2) is 57.0 Å². The largest absolute Gasteiger partial charge is 0.493 e. The van der Waals surface area contributed by atoms with Gasteiger partial charge < -0.3 is 28.4 Å². The molecule has 0 amide bonds. The van der Waals surface area contributed by atoms with Crippen LogP contribution < -0.4 is 28.4 Å². The van der Waals surface area contributed by atoms with Gasteiger partial charge in [0, 0.05) is 10.9 Å². The summed E-state index contributed by atoms with van der Waals surface area (Å²) in [7, 11) is 9.45. The minimum absolute atomic E-state index is 0.451. The predicted octanol–water partition coefficient (Wildman–Crippen LogP) is 5.52. The van der Waals surface area contributed by atoms with Crippen molar-refractivity contribution in [1.29, 1.82) is 0 Å². The third-order valence-corrected chi connectivity index (χ3v) is 6.67. The Morgan fingerprint density at radius 3 is 1.89 bits per heavy atom. The summed E-state index contributed by atoms with van der Waals surface area (Å²) in [6, 6.07) is 11.4. The summed E-state index contributed by atoms with van der Waals surface area (Å²) < 4.78 is 36.8. The van der Waals surface area contributed by atoms with E-state index >= 15 is 0 Å². The van der Waals surface area contributed by atoms with Crippen LogP contribution >= 0.6 is 15.9 Å². The van der Waals surface area contributed by atoms with Crippen LogP contribution in [0.15, 0.2) is 41.0 Å². The maximum atomic E-state index is 5.88. The standard InChI is InChI=1S/C26H24BrN3O6/c1-31-15-10-13(11-16(32-2)23(15)34-4)21-20-14(12-17(33-3)24(35-5)25(20)36-6)22-26(29-21)30-18(27)8-7-9-19(30)28-22/h7-12H,1-6H3. The molecule has 0 aliphatic heterocycles. The lowest BCUT2D eigenvalue weighted by Gasteiger charge is -2.18. The Morgan fingerprint density at radius 1 is 0.694 bits per heavy atom. The molecule has 36 heavy (non-hydrogen) atoms. The zero-order chi connectivity index (χ0) is 25.6. The van der Waals surface area contributed by atoms with E-state index in [1.54, 1.807) is 42.7 Å². The summed E-state index contributed by atoms with van der Waals surface area (Å²) in [5.74, 6) is 2.92. The monoisotopic (exact) mass is 553 g/mol. The summed E-state index contributed by atoms with van der Waals surface area (Å²) in [5, 5.41) is 1.49. The number of rotatable bonds is 7. The van der Waals surface area contributed by atoms with Crippen LogP contribution in [0.25, 0.3) is 38.8 Å². The normalized spacial score (nSPS) is 11.2. The molecule has 5 rings (SSSR count). The van der Waals surface area contributed by atoms with Crippen molar-refractivity contribution >= 4 is 43.5 Å². The predicted molar refractivity (Wildman–Crippen MR) is 140 cm³/mol. The zero-order valence-corrected chi connectivity index (χ0v) is 22.2. The number of methoxy groups -OCH3 is 6. The van der Waals surface area contributed by atoms with Gasteiger partial charge in [-0.2, -0.15) is 0 Å². The number of ether oxygens (including phenoxy) is 6. The van der Waals surface area contributed by atoms with Gasteiger partial charge in [-0.3, -0.25) is 4.40 Å². The molecule has 0 N–H and O–H groups in total. The van der Waals surface area contributed by atoms with Gasteiger partial charge in [0.05, 0.1) is 58.3 Å². The minimum atomic E-state index is 0.451. The van der Waals surface area contributed by atoms with Crippen molar-refractivity contribution in [3.8, 4) is 45.8 Å². The van der Waals surface area contributed by atoms with E-state index in [2.05, 4.69) is 15.9 Å². The van der Waals surface area contributed by atoms with Crippen molar-refractivity contribution in [2.24, 2.45) is 0 Å². The summed E-state index contributed by atoms with van der Waals surface area (Å²) in [6.07, 6.45) is 0. The maximum Gasteiger partial charge on any atom is 0.204 e. The van der Waals surface area contributed by atoms with E-state index in [1.807, 2.05) is 40.8 Å². The summed E-state index contributed by atoms with van der Waals surface area (Å²) in [5.41, 5.74) is 3.43. The number of hydrogen-bond acceptors (Lipinski definition) is 8. The maximum absolute atomic E-state index is 5.88. The van der Waals surface area contributed by atoms with Crippen molar-refractivity contribution in [2.45, 2.75) is 0 Å². The molecule has 0 radical (unpaired) electrons. The van der Waals surface area contributed by atoms with Crippen molar-refractivity contribution in [3.05, 3.63) is 41.0 Å². The number of fused-ring (bicyclic) bond motifs is 5. The fraction of sp³-hybridized carbons (Fsp3) is 0.231. The summed E-state index contributed by atoms with van der Waals surface area (Å²) in [4.78, 5) is 10.00. The molecule has 10 heteroatoms. The van der Waals surface area contributed by atoms with Crippen molar-refractivity contribution < 1.29 is 28.4 Å². The van der Waals surface area contributed by atoms with E-state index < -0.39 is 0 Å². The zero-order valence-electron chi connectivity index (χ0n) is 20.6. The van der Waals surface area contributed by atoms with E-state index in [0.29, 0.717) is 56.7 Å². The highest BCUT2D eigenvalue weighted by Gasteiger charge is 2.26. The van der Waals surface area contributed by atoms with Crippen LogP contribution in [0.1, 0.15) is 0 Å². The number of halogens is 1. The Morgan fingerprint density at radius 2 is 1.31 bits per heavy atom. The Kier molecular flexibility index (Phi) is 6.13. The highest BCUT2D eigenvalue weighted by atomic mass is 79.9. The molecule has 0 aliphatic carbocycles. The van der Waals surface area contributed by atoms with Gasteiger partial charge >= 0.3 is 0 Å². The van der Waals surface area contributed by atoms with Crippen LogP contribution in [-0.2, 0) is 0 Å². The van der Waals surface area contributed by atoms with E-state index in [0.717, 1.165) is 21.2 Å². The molecule has 3 heterocycles. The molecule has 0 saturated carbocycles. The summed E-state index contributed by atoms with van der Waals surface area (Å²) >= 11 is 3.64. The van der Waals surface area contributed by atoms with Gasteiger partial charge in [0.1, 0.15) is 11.2 Å². The number of hydrogen-bond donors (Lipinski definition) is 0. The third-order valence-electron chi connectivity index (χ3n) is 6.05.